The number of nitrogens with two attached hydrogens (primary N) is 1. The fourth-order valence-corrected chi connectivity index (χ4v) is 4.63. The van der Waals surface area contributed by atoms with Crippen molar-refractivity contribution in [3.05, 3.63) is 35.2 Å². The zero-order chi connectivity index (χ0) is 21.7. The van der Waals surface area contributed by atoms with Crippen molar-refractivity contribution >= 4 is 34.6 Å². The molecule has 0 saturated carbocycles. The van der Waals surface area contributed by atoms with E-state index in [-0.39, 0.29) is 12.6 Å². The first-order valence-electron chi connectivity index (χ1n) is 9.63. The second-order valence-electron chi connectivity index (χ2n) is 7.24. The number of likely N-dealkylation sites (tertiary alicyclic amines) is 1. The molecule has 2 aromatic rings. The molecule has 1 aromatic heterocycles. The molecule has 0 amide bonds. The van der Waals surface area contributed by atoms with Crippen molar-refractivity contribution in [2.75, 3.05) is 24.5 Å². The molecule has 160 valence electrons. The highest BCUT2D eigenvalue weighted by molar-refractivity contribution is 7.14. The summed E-state index contributed by atoms with van der Waals surface area (Å²) < 4.78 is 0. The van der Waals surface area contributed by atoms with E-state index < -0.39 is 18.0 Å². The van der Waals surface area contributed by atoms with Gasteiger partial charge in [-0.05, 0) is 25.3 Å². The number of piperidine rings is 1. The first kappa shape index (κ1) is 21.7. The smallest absolute Gasteiger partial charge is 0.326 e. The van der Waals surface area contributed by atoms with Gasteiger partial charge in [0, 0.05) is 30.1 Å². The molecule has 1 saturated heterocycles. The molecule has 3 rings (SSSR count). The van der Waals surface area contributed by atoms with E-state index in [1.165, 1.54) is 11.3 Å². The Hall–Kier alpha value is -2.98. The summed E-state index contributed by atoms with van der Waals surface area (Å²) >= 11 is 1.42. The maximum atomic E-state index is 11.8. The second kappa shape index (κ2) is 9.68. The Kier molecular flexibility index (Phi) is 7.01. The Labute approximate surface area is 178 Å². The van der Waals surface area contributed by atoms with Crippen LogP contribution in [-0.4, -0.2) is 70.0 Å². The minimum Gasteiger partial charge on any atom is -0.480 e. The highest BCUT2D eigenvalue weighted by Gasteiger charge is 2.33. The SMILES string of the molecule is CC(C(=O)O)N(c1nc(-c2ccc(C=NN)cc2)cs1)C1CCN(CC(=O)O)CC1. The van der Waals surface area contributed by atoms with E-state index in [2.05, 4.69) is 5.10 Å². The van der Waals surface area contributed by atoms with Crippen LogP contribution in [0.25, 0.3) is 11.3 Å². The molecule has 1 aliphatic rings. The van der Waals surface area contributed by atoms with Gasteiger partial charge in [-0.15, -0.1) is 11.3 Å². The van der Waals surface area contributed by atoms with Crippen LogP contribution in [0, 0.1) is 0 Å². The number of carboxylic acid groups (broad SMARTS) is 2. The number of aromatic nitrogens is 1. The van der Waals surface area contributed by atoms with E-state index in [9.17, 15) is 14.7 Å². The third-order valence-corrected chi connectivity index (χ3v) is 6.08. The van der Waals surface area contributed by atoms with Gasteiger partial charge in [-0.3, -0.25) is 9.69 Å². The molecule has 1 atom stereocenters. The fraction of sp³-hybridized carbons (Fsp3) is 0.400. The van der Waals surface area contributed by atoms with E-state index in [4.69, 9.17) is 15.9 Å². The van der Waals surface area contributed by atoms with Gasteiger partial charge in [0.05, 0.1) is 18.5 Å². The summed E-state index contributed by atoms with van der Waals surface area (Å²) in [6, 6.07) is 6.88. The van der Waals surface area contributed by atoms with Crippen molar-refractivity contribution in [2.45, 2.75) is 31.8 Å². The Morgan fingerprint density at radius 1 is 1.33 bits per heavy atom. The van der Waals surface area contributed by atoms with E-state index >= 15 is 0 Å². The Morgan fingerprint density at radius 2 is 2.00 bits per heavy atom. The van der Waals surface area contributed by atoms with Gasteiger partial charge < -0.3 is 21.0 Å². The third-order valence-electron chi connectivity index (χ3n) is 5.23. The lowest BCUT2D eigenvalue weighted by atomic mass is 10.0. The lowest BCUT2D eigenvalue weighted by Crippen LogP contribution is -2.51. The molecule has 4 N–H and O–H groups in total. The summed E-state index contributed by atoms with van der Waals surface area (Å²) in [6.07, 6.45) is 2.93. The first-order valence-corrected chi connectivity index (χ1v) is 10.5. The van der Waals surface area contributed by atoms with E-state index in [1.54, 1.807) is 13.1 Å². The molecule has 1 fully saturated rings. The van der Waals surface area contributed by atoms with Crippen LogP contribution in [0.5, 0.6) is 0 Å². The average Bonchev–Trinajstić information content (AvgIpc) is 3.19. The van der Waals surface area contributed by atoms with Crippen molar-refractivity contribution in [3.63, 3.8) is 0 Å². The van der Waals surface area contributed by atoms with Gasteiger partial charge in [0.2, 0.25) is 0 Å². The monoisotopic (exact) mass is 431 g/mol. The molecule has 0 radical (unpaired) electrons. The number of aliphatic carboxylic acids is 2. The minimum absolute atomic E-state index is 0.00741. The van der Waals surface area contributed by atoms with Crippen LogP contribution >= 0.6 is 11.3 Å². The van der Waals surface area contributed by atoms with Crippen molar-refractivity contribution in [2.24, 2.45) is 10.9 Å². The molecule has 0 bridgehead atoms. The second-order valence-corrected chi connectivity index (χ2v) is 8.07. The van der Waals surface area contributed by atoms with Crippen molar-refractivity contribution < 1.29 is 19.8 Å². The van der Waals surface area contributed by atoms with Gasteiger partial charge in [0.1, 0.15) is 6.04 Å². The molecular weight excluding hydrogens is 406 g/mol. The number of hydrogen-bond acceptors (Lipinski definition) is 8. The number of hydrazone groups is 1. The Morgan fingerprint density at radius 3 is 2.57 bits per heavy atom. The quantitative estimate of drug-likeness (QED) is 0.328. The van der Waals surface area contributed by atoms with E-state index in [1.807, 2.05) is 39.4 Å². The molecule has 1 aromatic carbocycles. The lowest BCUT2D eigenvalue weighted by molar-refractivity contribution is -0.139. The average molecular weight is 432 g/mol. The third kappa shape index (κ3) is 5.14. The standard InChI is InChI=1S/C20H25N5O4S/c1-13(19(28)29)25(16-6-8-24(9-7-16)11-18(26)27)20-23-17(12-30-20)15-4-2-14(3-5-15)10-22-21/h2-5,10,12-13,16H,6-9,11,21H2,1H3,(H,26,27)(H,28,29). The Bertz CT molecular complexity index is 906. The minimum atomic E-state index is -0.912. The number of nitrogens with zero attached hydrogens (tertiary/aromatic N) is 4. The highest BCUT2D eigenvalue weighted by Crippen LogP contribution is 2.32. The van der Waals surface area contributed by atoms with Crippen LogP contribution in [0.3, 0.4) is 0 Å². The maximum Gasteiger partial charge on any atom is 0.326 e. The van der Waals surface area contributed by atoms with Gasteiger partial charge in [0.15, 0.2) is 5.13 Å². The van der Waals surface area contributed by atoms with Crippen LogP contribution in [-0.2, 0) is 9.59 Å². The molecule has 2 heterocycles. The molecule has 0 spiro atoms. The van der Waals surface area contributed by atoms with Crippen LogP contribution in [0.15, 0.2) is 34.7 Å². The number of anilines is 1. The maximum absolute atomic E-state index is 11.8. The van der Waals surface area contributed by atoms with Crippen LogP contribution < -0.4 is 10.7 Å². The molecule has 0 aliphatic carbocycles. The van der Waals surface area contributed by atoms with E-state index in [0.29, 0.717) is 31.1 Å². The van der Waals surface area contributed by atoms with Gasteiger partial charge in [-0.2, -0.15) is 5.10 Å². The molecule has 30 heavy (non-hydrogen) atoms. The molecule has 1 aliphatic heterocycles. The summed E-state index contributed by atoms with van der Waals surface area (Å²) in [7, 11) is 0. The largest absolute Gasteiger partial charge is 0.480 e. The van der Waals surface area contributed by atoms with Gasteiger partial charge >= 0.3 is 11.9 Å². The van der Waals surface area contributed by atoms with Gasteiger partial charge in [-0.25, -0.2) is 9.78 Å². The molecule has 1 unspecified atom stereocenters. The van der Waals surface area contributed by atoms with Crippen molar-refractivity contribution in [1.29, 1.82) is 0 Å². The van der Waals surface area contributed by atoms with E-state index in [0.717, 1.165) is 16.8 Å². The van der Waals surface area contributed by atoms with Crippen LogP contribution in [0.1, 0.15) is 25.3 Å². The zero-order valence-electron chi connectivity index (χ0n) is 16.6. The molecule has 9 nitrogen and oxygen atoms in total. The Balaban J connectivity index is 1.80. The summed E-state index contributed by atoms with van der Waals surface area (Å²) in [4.78, 5) is 31.2. The predicted octanol–water partition coefficient (Wildman–Crippen LogP) is 1.93. The summed E-state index contributed by atoms with van der Waals surface area (Å²) in [5, 5.41) is 24.7. The number of benzene rings is 1. The normalized spacial score (nSPS) is 16.6. The van der Waals surface area contributed by atoms with Crippen molar-refractivity contribution in [3.8, 4) is 11.3 Å². The number of rotatable bonds is 8. The molecular formula is C20H25N5O4S. The summed E-state index contributed by atoms with van der Waals surface area (Å²) in [5.41, 5.74) is 2.58. The number of thiazole rings is 1. The van der Waals surface area contributed by atoms with Crippen LogP contribution in [0.4, 0.5) is 5.13 Å². The topological polar surface area (TPSA) is 132 Å². The summed E-state index contributed by atoms with van der Waals surface area (Å²) in [6.45, 7) is 2.89. The van der Waals surface area contributed by atoms with Crippen molar-refractivity contribution in [1.82, 2.24) is 9.88 Å². The lowest BCUT2D eigenvalue weighted by Gasteiger charge is -2.39. The number of carbonyl (C=O) groups is 2. The van der Waals surface area contributed by atoms with Gasteiger partial charge in [-0.1, -0.05) is 24.3 Å². The fourth-order valence-electron chi connectivity index (χ4n) is 3.65. The highest BCUT2D eigenvalue weighted by atomic mass is 32.1. The van der Waals surface area contributed by atoms with Crippen LogP contribution in [0.2, 0.25) is 0 Å². The predicted molar refractivity (Wildman–Crippen MR) is 116 cm³/mol. The number of hydrogen-bond donors (Lipinski definition) is 3. The first-order chi connectivity index (χ1) is 14.4. The van der Waals surface area contributed by atoms with Gasteiger partial charge in [0.25, 0.3) is 0 Å². The summed E-state index contributed by atoms with van der Waals surface area (Å²) in [5.74, 6) is 3.41. The zero-order valence-corrected chi connectivity index (χ0v) is 17.5. The number of carboxylic acids is 2. The molecule has 10 heteroatoms.